The topological polar surface area (TPSA) is 43.9 Å². The normalized spacial score (nSPS) is 14.9. The molecule has 5 nitrogen and oxygen atoms in total. The van der Waals surface area contributed by atoms with Crippen molar-refractivity contribution in [1.82, 2.24) is 4.90 Å². The summed E-state index contributed by atoms with van der Waals surface area (Å²) in [6.45, 7) is 11.4. The average Bonchev–Trinajstić information content (AvgIpc) is 2.82. The van der Waals surface area contributed by atoms with Crippen LogP contribution in [0.15, 0.2) is 48.5 Å². The highest BCUT2D eigenvalue weighted by molar-refractivity contribution is 5.94. The van der Waals surface area contributed by atoms with Gasteiger partial charge in [-0.1, -0.05) is 49.2 Å². The van der Waals surface area contributed by atoms with E-state index in [1.165, 1.54) is 11.1 Å². The van der Waals surface area contributed by atoms with Crippen molar-refractivity contribution >= 4 is 23.2 Å². The molecule has 5 heteroatoms. The van der Waals surface area contributed by atoms with E-state index in [2.05, 4.69) is 55.1 Å². The van der Waals surface area contributed by atoms with Crippen molar-refractivity contribution in [3.63, 3.8) is 0 Å². The van der Waals surface area contributed by atoms with Gasteiger partial charge < -0.3 is 14.7 Å². The second-order valence-electron chi connectivity index (χ2n) is 8.76. The molecule has 0 spiro atoms. The molecular formula is C27H37N3O2. The van der Waals surface area contributed by atoms with E-state index in [1.807, 2.05) is 35.8 Å². The van der Waals surface area contributed by atoms with Crippen molar-refractivity contribution in [2.24, 2.45) is 0 Å². The standard InChI is InChI=1S/C27H37N3O2/c1-5-26(31)29(23-11-7-21(3)8-12-23)20-19-28-17-15-25(16-18-28)30(27(32)6-2)24-13-9-22(4)10-14-24/h7-14,25H,5-6,15-20H2,1-4H3. The third-order valence-corrected chi connectivity index (χ3v) is 6.39. The van der Waals surface area contributed by atoms with Crippen LogP contribution in [-0.4, -0.2) is 48.9 Å². The molecule has 0 bridgehead atoms. The minimum absolute atomic E-state index is 0.155. The molecule has 2 amide bonds. The number of amides is 2. The SMILES string of the molecule is CCC(=O)N(CCN1CCC(N(C(=O)CC)c2ccc(C)cc2)CC1)c1ccc(C)cc1. The lowest BCUT2D eigenvalue weighted by Gasteiger charge is -2.39. The second kappa shape index (κ2) is 11.3. The third-order valence-electron chi connectivity index (χ3n) is 6.39. The Kier molecular flexibility index (Phi) is 8.46. The molecule has 0 radical (unpaired) electrons. The minimum atomic E-state index is 0.155. The maximum Gasteiger partial charge on any atom is 0.226 e. The van der Waals surface area contributed by atoms with E-state index in [0.29, 0.717) is 19.4 Å². The molecule has 32 heavy (non-hydrogen) atoms. The zero-order valence-corrected chi connectivity index (χ0v) is 20.0. The number of hydrogen-bond donors (Lipinski definition) is 0. The van der Waals surface area contributed by atoms with Crippen LogP contribution in [0.3, 0.4) is 0 Å². The van der Waals surface area contributed by atoms with Gasteiger partial charge >= 0.3 is 0 Å². The highest BCUT2D eigenvalue weighted by Gasteiger charge is 2.28. The number of rotatable bonds is 8. The van der Waals surface area contributed by atoms with Gasteiger partial charge in [-0.2, -0.15) is 0 Å². The number of anilines is 2. The summed E-state index contributed by atoms with van der Waals surface area (Å²) in [5.74, 6) is 0.342. The number of benzene rings is 2. The van der Waals surface area contributed by atoms with Crippen molar-refractivity contribution in [1.29, 1.82) is 0 Å². The minimum Gasteiger partial charge on any atom is -0.311 e. The summed E-state index contributed by atoms with van der Waals surface area (Å²) in [7, 11) is 0. The quantitative estimate of drug-likeness (QED) is 0.589. The lowest BCUT2D eigenvalue weighted by Crippen LogP contribution is -2.49. The van der Waals surface area contributed by atoms with Crippen molar-refractivity contribution in [2.75, 3.05) is 36.0 Å². The van der Waals surface area contributed by atoms with Crippen LogP contribution in [0.1, 0.15) is 50.7 Å². The molecule has 0 N–H and O–H groups in total. The van der Waals surface area contributed by atoms with E-state index in [1.54, 1.807) is 0 Å². The molecule has 3 rings (SSSR count). The summed E-state index contributed by atoms with van der Waals surface area (Å²) in [4.78, 5) is 31.7. The first-order valence-corrected chi connectivity index (χ1v) is 11.9. The summed E-state index contributed by atoms with van der Waals surface area (Å²) in [5.41, 5.74) is 4.36. The first-order chi connectivity index (χ1) is 15.4. The van der Waals surface area contributed by atoms with Gasteiger partial charge in [-0.3, -0.25) is 9.59 Å². The summed E-state index contributed by atoms with van der Waals surface area (Å²) in [6.07, 6.45) is 2.91. The molecule has 0 atom stereocenters. The van der Waals surface area contributed by atoms with Crippen LogP contribution < -0.4 is 9.80 Å². The molecule has 0 aliphatic carbocycles. The summed E-state index contributed by atoms with van der Waals surface area (Å²) >= 11 is 0. The van der Waals surface area contributed by atoms with Gasteiger partial charge in [-0.15, -0.1) is 0 Å². The molecule has 0 aromatic heterocycles. The average molecular weight is 436 g/mol. The van der Waals surface area contributed by atoms with Crippen LogP contribution in [0.2, 0.25) is 0 Å². The molecule has 1 saturated heterocycles. The van der Waals surface area contributed by atoms with E-state index in [0.717, 1.165) is 43.9 Å². The molecule has 172 valence electrons. The Bertz CT molecular complexity index is 884. The molecule has 1 heterocycles. The Morgan fingerprint density at radius 2 is 1.31 bits per heavy atom. The van der Waals surface area contributed by atoms with E-state index < -0.39 is 0 Å². The molecule has 0 unspecified atom stereocenters. The number of carbonyl (C=O) groups is 2. The summed E-state index contributed by atoms with van der Waals surface area (Å²) in [5, 5.41) is 0. The largest absolute Gasteiger partial charge is 0.311 e. The number of hydrogen-bond acceptors (Lipinski definition) is 3. The van der Waals surface area contributed by atoms with Crippen LogP contribution >= 0.6 is 0 Å². The highest BCUT2D eigenvalue weighted by Crippen LogP contribution is 2.25. The van der Waals surface area contributed by atoms with Gasteiger partial charge in [0, 0.05) is 56.4 Å². The Labute approximate surface area is 193 Å². The van der Waals surface area contributed by atoms with Gasteiger partial charge in [0.05, 0.1) is 0 Å². The zero-order valence-electron chi connectivity index (χ0n) is 20.0. The van der Waals surface area contributed by atoms with E-state index >= 15 is 0 Å². The van der Waals surface area contributed by atoms with Gasteiger partial charge in [-0.05, 0) is 51.0 Å². The zero-order chi connectivity index (χ0) is 23.1. The smallest absolute Gasteiger partial charge is 0.226 e. The van der Waals surface area contributed by atoms with Crippen LogP contribution in [0, 0.1) is 13.8 Å². The van der Waals surface area contributed by atoms with E-state index in [4.69, 9.17) is 0 Å². The second-order valence-corrected chi connectivity index (χ2v) is 8.76. The fourth-order valence-electron chi connectivity index (χ4n) is 4.39. The highest BCUT2D eigenvalue weighted by atomic mass is 16.2. The fourth-order valence-corrected chi connectivity index (χ4v) is 4.39. The third kappa shape index (κ3) is 5.98. The maximum absolute atomic E-state index is 12.8. The molecule has 2 aromatic carbocycles. The molecule has 1 fully saturated rings. The number of nitrogens with zero attached hydrogens (tertiary/aromatic N) is 3. The Balaban J connectivity index is 1.61. The van der Waals surface area contributed by atoms with Gasteiger partial charge in [0.25, 0.3) is 0 Å². The van der Waals surface area contributed by atoms with Gasteiger partial charge in [-0.25, -0.2) is 0 Å². The predicted octanol–water partition coefficient (Wildman–Crippen LogP) is 4.95. The molecule has 1 aliphatic heterocycles. The fraction of sp³-hybridized carbons (Fsp3) is 0.481. The van der Waals surface area contributed by atoms with Crippen LogP contribution in [0.4, 0.5) is 11.4 Å². The van der Waals surface area contributed by atoms with Crippen molar-refractivity contribution in [3.05, 3.63) is 59.7 Å². The number of likely N-dealkylation sites (tertiary alicyclic amines) is 1. The van der Waals surface area contributed by atoms with Gasteiger partial charge in [0.15, 0.2) is 0 Å². The number of carbonyl (C=O) groups excluding carboxylic acids is 2. The Hall–Kier alpha value is -2.66. The van der Waals surface area contributed by atoms with Crippen molar-refractivity contribution < 1.29 is 9.59 Å². The molecule has 2 aromatic rings. The lowest BCUT2D eigenvalue weighted by molar-refractivity contribution is -0.119. The van der Waals surface area contributed by atoms with E-state index in [9.17, 15) is 9.59 Å². The summed E-state index contributed by atoms with van der Waals surface area (Å²) in [6, 6.07) is 16.7. The monoisotopic (exact) mass is 435 g/mol. The van der Waals surface area contributed by atoms with Crippen LogP contribution in [0.5, 0.6) is 0 Å². The van der Waals surface area contributed by atoms with E-state index in [-0.39, 0.29) is 17.9 Å². The Morgan fingerprint density at radius 3 is 1.81 bits per heavy atom. The number of piperidine rings is 1. The summed E-state index contributed by atoms with van der Waals surface area (Å²) < 4.78 is 0. The lowest BCUT2D eigenvalue weighted by atomic mass is 10.0. The first-order valence-electron chi connectivity index (χ1n) is 11.9. The molecule has 0 saturated carbocycles. The van der Waals surface area contributed by atoms with Crippen LogP contribution in [-0.2, 0) is 9.59 Å². The Morgan fingerprint density at radius 1 is 0.812 bits per heavy atom. The number of aryl methyl sites for hydroxylation is 2. The predicted molar refractivity (Wildman–Crippen MR) is 132 cm³/mol. The van der Waals surface area contributed by atoms with Gasteiger partial charge in [0.2, 0.25) is 11.8 Å². The van der Waals surface area contributed by atoms with Crippen molar-refractivity contribution in [3.8, 4) is 0 Å². The molecule has 1 aliphatic rings. The van der Waals surface area contributed by atoms with Crippen LogP contribution in [0.25, 0.3) is 0 Å². The van der Waals surface area contributed by atoms with Gasteiger partial charge in [0.1, 0.15) is 0 Å². The maximum atomic E-state index is 12.8. The molecular weight excluding hydrogens is 398 g/mol. The first kappa shape index (κ1) is 24.0. The van der Waals surface area contributed by atoms with Crippen molar-refractivity contribution in [2.45, 2.75) is 59.4 Å².